The molecular formula is C25H19ClN2O4. The molecule has 0 unspecified atom stereocenters. The lowest BCUT2D eigenvalue weighted by Gasteiger charge is -2.24. The van der Waals surface area contributed by atoms with Gasteiger partial charge >= 0.3 is 0 Å². The second-order valence-corrected chi connectivity index (χ2v) is 7.97. The second-order valence-electron chi connectivity index (χ2n) is 7.53. The number of benzene rings is 2. The minimum atomic E-state index is -0.716. The van der Waals surface area contributed by atoms with E-state index < -0.39 is 11.9 Å². The maximum atomic E-state index is 13.6. The van der Waals surface area contributed by atoms with Crippen LogP contribution in [0.1, 0.15) is 40.3 Å². The highest BCUT2D eigenvalue weighted by Crippen LogP contribution is 2.41. The number of aromatic nitrogens is 1. The summed E-state index contributed by atoms with van der Waals surface area (Å²) >= 11 is 6.14. The normalized spacial score (nSPS) is 15.3. The molecule has 1 amide bonds. The average molecular weight is 447 g/mol. The molecule has 0 bridgehead atoms. The molecule has 0 N–H and O–H groups in total. The van der Waals surface area contributed by atoms with Crippen LogP contribution in [0.4, 0.5) is 5.82 Å². The van der Waals surface area contributed by atoms with Gasteiger partial charge in [-0.15, -0.1) is 0 Å². The highest BCUT2D eigenvalue weighted by atomic mass is 35.5. The number of halogens is 1. The predicted octanol–water partition coefficient (Wildman–Crippen LogP) is 5.30. The van der Waals surface area contributed by atoms with Crippen LogP contribution in [-0.4, -0.2) is 17.5 Å². The summed E-state index contributed by atoms with van der Waals surface area (Å²) in [6.45, 7) is 4.24. The number of anilines is 1. The summed E-state index contributed by atoms with van der Waals surface area (Å²) in [5, 5.41) is 0.746. The van der Waals surface area contributed by atoms with Crippen molar-refractivity contribution in [3.8, 4) is 5.75 Å². The predicted molar refractivity (Wildman–Crippen MR) is 123 cm³/mol. The van der Waals surface area contributed by atoms with Crippen LogP contribution in [0.3, 0.4) is 0 Å². The van der Waals surface area contributed by atoms with E-state index in [4.69, 9.17) is 20.8 Å². The molecular weight excluding hydrogens is 428 g/mol. The maximum absolute atomic E-state index is 13.6. The molecule has 1 atom stereocenters. The van der Waals surface area contributed by atoms with E-state index in [-0.39, 0.29) is 16.8 Å². The van der Waals surface area contributed by atoms with Gasteiger partial charge in [-0.05, 0) is 61.9 Å². The Morgan fingerprint density at radius 3 is 2.69 bits per heavy atom. The minimum Gasteiger partial charge on any atom is -0.494 e. The maximum Gasteiger partial charge on any atom is 0.296 e. The van der Waals surface area contributed by atoms with E-state index in [0.717, 1.165) is 11.3 Å². The van der Waals surface area contributed by atoms with Crippen LogP contribution in [0.25, 0.3) is 11.0 Å². The summed E-state index contributed by atoms with van der Waals surface area (Å²) in [4.78, 5) is 33.2. The van der Waals surface area contributed by atoms with Crippen LogP contribution in [0, 0.1) is 6.92 Å². The van der Waals surface area contributed by atoms with Crippen molar-refractivity contribution in [1.29, 1.82) is 0 Å². The first-order valence-electron chi connectivity index (χ1n) is 10.2. The van der Waals surface area contributed by atoms with E-state index >= 15 is 0 Å². The molecule has 160 valence electrons. The third-order valence-electron chi connectivity index (χ3n) is 5.44. The number of fused-ring (bicyclic) bond motifs is 2. The van der Waals surface area contributed by atoms with E-state index in [1.807, 2.05) is 50.2 Å². The lowest BCUT2D eigenvalue weighted by atomic mass is 9.98. The molecule has 0 aliphatic carbocycles. The summed E-state index contributed by atoms with van der Waals surface area (Å²) in [6, 6.07) is 16.9. The molecule has 1 aliphatic heterocycles. The molecule has 0 saturated heterocycles. The molecule has 1 aliphatic rings. The molecule has 32 heavy (non-hydrogen) atoms. The summed E-state index contributed by atoms with van der Waals surface area (Å²) < 4.78 is 11.6. The Balaban J connectivity index is 1.80. The number of ether oxygens (including phenoxy) is 1. The topological polar surface area (TPSA) is 72.6 Å². The number of nitrogens with zero attached hydrogens (tertiary/aromatic N) is 2. The van der Waals surface area contributed by atoms with Crippen molar-refractivity contribution < 1.29 is 13.9 Å². The van der Waals surface area contributed by atoms with Crippen molar-refractivity contribution >= 4 is 34.3 Å². The van der Waals surface area contributed by atoms with E-state index in [1.54, 1.807) is 24.3 Å². The van der Waals surface area contributed by atoms with Crippen molar-refractivity contribution in [3.05, 3.63) is 98.5 Å². The summed E-state index contributed by atoms with van der Waals surface area (Å²) in [5.41, 5.74) is 1.76. The Morgan fingerprint density at radius 1 is 1.09 bits per heavy atom. The number of carbonyl (C=O) groups excluding carboxylic acids is 1. The second kappa shape index (κ2) is 7.80. The summed E-state index contributed by atoms with van der Waals surface area (Å²) in [5.74, 6) is 0.685. The van der Waals surface area contributed by atoms with Gasteiger partial charge in [-0.25, -0.2) is 4.98 Å². The largest absolute Gasteiger partial charge is 0.494 e. The van der Waals surface area contributed by atoms with Gasteiger partial charge in [0.25, 0.3) is 5.91 Å². The zero-order chi connectivity index (χ0) is 22.4. The van der Waals surface area contributed by atoms with Crippen LogP contribution in [0.5, 0.6) is 5.75 Å². The summed E-state index contributed by atoms with van der Waals surface area (Å²) in [7, 11) is 0. The first kappa shape index (κ1) is 20.3. The van der Waals surface area contributed by atoms with Gasteiger partial charge in [0.2, 0.25) is 5.76 Å². The molecule has 0 fully saturated rings. The van der Waals surface area contributed by atoms with Crippen LogP contribution >= 0.6 is 11.6 Å². The molecule has 6 nitrogen and oxygen atoms in total. The highest BCUT2D eigenvalue weighted by Gasteiger charge is 2.44. The lowest BCUT2D eigenvalue weighted by molar-refractivity contribution is 0.0970. The van der Waals surface area contributed by atoms with Crippen LogP contribution in [0.15, 0.2) is 69.9 Å². The quantitative estimate of drug-likeness (QED) is 0.425. The number of hydrogen-bond donors (Lipinski definition) is 0. The molecule has 2 aromatic heterocycles. The standard InChI is InChI=1S/C25H19ClN2O4/c1-3-31-17-8-5-7-15(12-17)22-21-23(29)18-13-16(26)10-11-19(18)32-24(21)25(30)28(22)20-9-4-6-14(2)27-20/h4-13,22H,3H2,1-2H3/t22-/m1/s1. The van der Waals surface area contributed by atoms with Gasteiger partial charge < -0.3 is 9.15 Å². The van der Waals surface area contributed by atoms with Crippen LogP contribution < -0.4 is 15.1 Å². The van der Waals surface area contributed by atoms with E-state index in [0.29, 0.717) is 34.2 Å². The van der Waals surface area contributed by atoms with Gasteiger partial charge in [0.1, 0.15) is 17.2 Å². The molecule has 2 aromatic carbocycles. The van der Waals surface area contributed by atoms with Gasteiger partial charge in [-0.1, -0.05) is 29.8 Å². The Kier molecular flexibility index (Phi) is 4.94. The average Bonchev–Trinajstić information content (AvgIpc) is 3.07. The molecule has 7 heteroatoms. The first-order valence-corrected chi connectivity index (χ1v) is 10.6. The molecule has 4 aromatic rings. The number of carbonyl (C=O) groups is 1. The summed E-state index contributed by atoms with van der Waals surface area (Å²) in [6.07, 6.45) is 0. The van der Waals surface area contributed by atoms with E-state index in [2.05, 4.69) is 4.98 Å². The fourth-order valence-electron chi connectivity index (χ4n) is 4.10. The smallest absolute Gasteiger partial charge is 0.296 e. The SMILES string of the molecule is CCOc1cccc([C@@H]2c3c(oc4ccc(Cl)cc4c3=O)C(=O)N2c2cccc(C)n2)c1. The Labute approximate surface area is 189 Å². The highest BCUT2D eigenvalue weighted by molar-refractivity contribution is 6.31. The molecule has 5 rings (SSSR count). The molecule has 0 saturated carbocycles. The Morgan fingerprint density at radius 2 is 1.91 bits per heavy atom. The number of pyridine rings is 1. The number of amides is 1. The Hall–Kier alpha value is -3.64. The van der Waals surface area contributed by atoms with Gasteiger partial charge in [-0.2, -0.15) is 0 Å². The van der Waals surface area contributed by atoms with Crippen molar-refractivity contribution in [2.24, 2.45) is 0 Å². The van der Waals surface area contributed by atoms with Crippen LogP contribution in [0.2, 0.25) is 5.02 Å². The zero-order valence-corrected chi connectivity index (χ0v) is 18.2. The fourth-order valence-corrected chi connectivity index (χ4v) is 4.27. The van der Waals surface area contributed by atoms with Crippen molar-refractivity contribution in [3.63, 3.8) is 0 Å². The van der Waals surface area contributed by atoms with Gasteiger partial charge in [-0.3, -0.25) is 14.5 Å². The minimum absolute atomic E-state index is 0.0138. The fraction of sp³-hybridized carbons (Fsp3) is 0.160. The van der Waals surface area contributed by atoms with Crippen LogP contribution in [-0.2, 0) is 0 Å². The molecule has 0 spiro atoms. The van der Waals surface area contributed by atoms with Gasteiger partial charge in [0, 0.05) is 10.7 Å². The lowest BCUT2D eigenvalue weighted by Crippen LogP contribution is -2.30. The first-order chi connectivity index (χ1) is 15.5. The number of rotatable bonds is 4. The van der Waals surface area contributed by atoms with E-state index in [1.165, 1.54) is 4.90 Å². The Bertz CT molecular complexity index is 1430. The zero-order valence-electron chi connectivity index (χ0n) is 17.5. The third kappa shape index (κ3) is 3.24. The molecule has 3 heterocycles. The number of hydrogen-bond acceptors (Lipinski definition) is 5. The van der Waals surface area contributed by atoms with Crippen molar-refractivity contribution in [2.45, 2.75) is 19.9 Å². The van der Waals surface area contributed by atoms with Gasteiger partial charge in [0.15, 0.2) is 5.43 Å². The monoisotopic (exact) mass is 446 g/mol. The van der Waals surface area contributed by atoms with E-state index in [9.17, 15) is 9.59 Å². The van der Waals surface area contributed by atoms with Crippen molar-refractivity contribution in [2.75, 3.05) is 11.5 Å². The molecule has 0 radical (unpaired) electrons. The van der Waals surface area contributed by atoms with Gasteiger partial charge in [0.05, 0.1) is 23.6 Å². The third-order valence-corrected chi connectivity index (χ3v) is 5.67. The van der Waals surface area contributed by atoms with Crippen molar-refractivity contribution in [1.82, 2.24) is 4.98 Å². The number of aryl methyl sites for hydroxylation is 1.